The maximum absolute atomic E-state index is 14.9. The van der Waals surface area contributed by atoms with E-state index in [-0.39, 0.29) is 12.1 Å². The monoisotopic (exact) mass is 534 g/mol. The molecule has 5 rings (SSSR count). The normalized spacial score (nSPS) is 29.3. The third-order valence-corrected chi connectivity index (χ3v) is 7.46. The van der Waals surface area contributed by atoms with Gasteiger partial charge in [0.2, 0.25) is 5.72 Å². The molecule has 3 aliphatic rings. The van der Waals surface area contributed by atoms with E-state index in [0.717, 1.165) is 18.7 Å². The van der Waals surface area contributed by atoms with Crippen molar-refractivity contribution in [2.75, 3.05) is 31.6 Å². The third kappa shape index (κ3) is 4.32. The van der Waals surface area contributed by atoms with Gasteiger partial charge in [0.25, 0.3) is 17.7 Å². The number of hydrogen-bond acceptors (Lipinski definition) is 9. The second kappa shape index (κ2) is 9.72. The van der Waals surface area contributed by atoms with Gasteiger partial charge >= 0.3 is 0 Å². The summed E-state index contributed by atoms with van der Waals surface area (Å²) in [6.07, 6.45) is 0. The molecule has 3 heterocycles. The van der Waals surface area contributed by atoms with Gasteiger partial charge in [-0.15, -0.1) is 0 Å². The lowest BCUT2D eigenvalue weighted by atomic mass is 9.51. The van der Waals surface area contributed by atoms with Crippen LogP contribution in [0.1, 0.15) is 27.0 Å². The Balaban J connectivity index is 1.35. The van der Waals surface area contributed by atoms with Gasteiger partial charge in [-0.25, -0.2) is 4.39 Å². The zero-order valence-electron chi connectivity index (χ0n) is 20.8. The molecule has 0 spiro atoms. The van der Waals surface area contributed by atoms with Crippen LogP contribution in [0.3, 0.4) is 0 Å². The maximum Gasteiger partial charge on any atom is 0.282 e. The second-order valence-corrected chi connectivity index (χ2v) is 9.88. The summed E-state index contributed by atoms with van der Waals surface area (Å²) in [4.78, 5) is 40.5. The highest BCUT2D eigenvalue weighted by molar-refractivity contribution is 6.39. The largest absolute Gasteiger partial charge is 0.392 e. The molecule has 3 amide bonds. The molecule has 0 aromatic heterocycles. The van der Waals surface area contributed by atoms with Crippen molar-refractivity contribution in [3.8, 4) is 0 Å². The zero-order valence-corrected chi connectivity index (χ0v) is 20.8. The molecule has 0 bridgehead atoms. The lowest BCUT2D eigenvalue weighted by Gasteiger charge is -2.54. The van der Waals surface area contributed by atoms with Gasteiger partial charge in [0.15, 0.2) is 0 Å². The van der Waals surface area contributed by atoms with Crippen molar-refractivity contribution in [1.29, 1.82) is 0 Å². The van der Waals surface area contributed by atoms with Crippen LogP contribution in [0.5, 0.6) is 0 Å². The number of rotatable bonds is 6. The number of carbonyl (C=O) groups excluding carboxylic acids is 3. The summed E-state index contributed by atoms with van der Waals surface area (Å²) in [6, 6.07) is 9.55. The first-order valence-corrected chi connectivity index (χ1v) is 12.2. The van der Waals surface area contributed by atoms with Crippen LogP contribution in [-0.4, -0.2) is 102 Å². The number of hydrogen-bond donors (Lipinski definition) is 5. The van der Waals surface area contributed by atoms with Gasteiger partial charge in [-0.3, -0.25) is 29.5 Å². The van der Waals surface area contributed by atoms with Crippen LogP contribution in [0.25, 0.3) is 0 Å². The number of anilines is 1. The Bertz CT molecular complexity index is 1350. The lowest BCUT2D eigenvalue weighted by molar-refractivity contribution is -0.232. The summed E-state index contributed by atoms with van der Waals surface area (Å²) >= 11 is 0. The summed E-state index contributed by atoms with van der Waals surface area (Å²) in [5.74, 6) is -4.42. The molecule has 0 aliphatic carbocycles. The minimum Gasteiger partial charge on any atom is -0.392 e. The van der Waals surface area contributed by atoms with E-state index in [4.69, 9.17) is 20.4 Å². The molecule has 4 radical (unpaired) electrons. The highest BCUT2D eigenvalue weighted by atomic mass is 19.1. The van der Waals surface area contributed by atoms with Gasteiger partial charge in [-0.05, 0) is 23.8 Å². The van der Waals surface area contributed by atoms with Gasteiger partial charge in [-0.2, -0.15) is 0 Å². The van der Waals surface area contributed by atoms with E-state index in [9.17, 15) is 34.1 Å². The number of nitrogens with zero attached hydrogens (tertiary/aromatic N) is 2. The Morgan fingerprint density at radius 1 is 1.05 bits per heavy atom. The molecule has 11 nitrogen and oxygen atoms in total. The van der Waals surface area contributed by atoms with Crippen LogP contribution in [0.2, 0.25) is 0 Å². The van der Waals surface area contributed by atoms with Crippen LogP contribution in [-0.2, 0) is 34.0 Å². The van der Waals surface area contributed by atoms with E-state index in [1.807, 2.05) is 6.07 Å². The summed E-state index contributed by atoms with van der Waals surface area (Å²) < 4.78 is 20.2. The molecule has 39 heavy (non-hydrogen) atoms. The summed E-state index contributed by atoms with van der Waals surface area (Å²) in [6.45, 7) is 3.04. The number of fused-ring (bicyclic) bond motifs is 1. The van der Waals surface area contributed by atoms with Crippen LogP contribution < -0.4 is 10.6 Å². The third-order valence-electron chi connectivity index (χ3n) is 7.46. The molecule has 14 heteroatoms. The van der Waals surface area contributed by atoms with Crippen LogP contribution in [0, 0.1) is 5.82 Å². The Morgan fingerprint density at radius 3 is 2.46 bits per heavy atom. The predicted octanol–water partition coefficient (Wildman–Crippen LogP) is -1.71. The number of piperidine rings is 1. The van der Waals surface area contributed by atoms with Crippen molar-refractivity contribution >= 4 is 39.1 Å². The van der Waals surface area contributed by atoms with E-state index in [1.165, 1.54) is 18.2 Å². The van der Waals surface area contributed by atoms with E-state index < -0.39 is 46.8 Å². The fourth-order valence-corrected chi connectivity index (χ4v) is 5.03. The summed E-state index contributed by atoms with van der Waals surface area (Å²) in [5.41, 5.74) is -8.13. The highest BCUT2D eigenvalue weighted by Crippen LogP contribution is 2.41. The standard InChI is InChI=1S/C25H25B2FN4O7/c26-23(36)21(34)30-22(35)24(37,25(23,27)38)32-13-17-16(20(32)33)2-1-3-19(17)29-11-15-5-4-14(10-18(15)28)12-31-6-8-39-9-7-31/h1-5,10,29,36-38H,6-9,11-13H2,(H,30,34,35). The van der Waals surface area contributed by atoms with Gasteiger partial charge < -0.3 is 25.4 Å². The molecule has 2 saturated heterocycles. The average molecular weight is 534 g/mol. The Morgan fingerprint density at radius 2 is 1.77 bits per heavy atom. The molecule has 3 unspecified atom stereocenters. The molecule has 2 aromatic rings. The van der Waals surface area contributed by atoms with Crippen molar-refractivity contribution < 1.29 is 38.8 Å². The first-order chi connectivity index (χ1) is 18.4. The number of morpholine rings is 1. The minimum atomic E-state index is -3.46. The lowest BCUT2D eigenvalue weighted by Crippen LogP contribution is -2.86. The van der Waals surface area contributed by atoms with Crippen molar-refractivity contribution in [3.05, 3.63) is 64.5 Å². The van der Waals surface area contributed by atoms with Crippen molar-refractivity contribution in [2.45, 2.75) is 36.4 Å². The number of halogens is 1. The zero-order chi connectivity index (χ0) is 28.2. The Hall–Kier alpha value is -3.29. The number of aliphatic hydroxyl groups is 3. The number of nitrogens with one attached hydrogen (secondary N) is 2. The van der Waals surface area contributed by atoms with E-state index >= 15 is 0 Å². The first kappa shape index (κ1) is 27.3. The quantitative estimate of drug-likeness (QED) is 0.216. The molecule has 0 saturated carbocycles. The van der Waals surface area contributed by atoms with Gasteiger partial charge in [0.05, 0.1) is 19.8 Å². The fourth-order valence-electron chi connectivity index (χ4n) is 5.03. The molecule has 5 N–H and O–H groups in total. The minimum absolute atomic E-state index is 0.0517. The summed E-state index contributed by atoms with van der Waals surface area (Å²) in [7, 11) is 11.1. The molecule has 3 aliphatic heterocycles. The highest BCUT2D eigenvalue weighted by Gasteiger charge is 2.70. The molecule has 2 aromatic carbocycles. The van der Waals surface area contributed by atoms with E-state index in [1.54, 1.807) is 17.4 Å². The topological polar surface area (TPSA) is 152 Å². The molecular weight excluding hydrogens is 509 g/mol. The molecule has 2 fully saturated rings. The van der Waals surface area contributed by atoms with Crippen LogP contribution in [0.15, 0.2) is 36.4 Å². The molecular formula is C25H25B2FN4O7. The predicted molar refractivity (Wildman–Crippen MR) is 136 cm³/mol. The van der Waals surface area contributed by atoms with Gasteiger partial charge in [-0.1, -0.05) is 18.2 Å². The van der Waals surface area contributed by atoms with Crippen LogP contribution in [0.4, 0.5) is 10.1 Å². The number of benzene rings is 2. The van der Waals surface area contributed by atoms with Crippen molar-refractivity contribution in [1.82, 2.24) is 15.1 Å². The van der Waals surface area contributed by atoms with E-state index in [2.05, 4.69) is 10.2 Å². The van der Waals surface area contributed by atoms with Crippen molar-refractivity contribution in [3.63, 3.8) is 0 Å². The molecule has 3 atom stereocenters. The number of amides is 3. The molecule has 200 valence electrons. The second-order valence-electron chi connectivity index (χ2n) is 9.88. The number of ether oxygens (including phenoxy) is 1. The van der Waals surface area contributed by atoms with Crippen molar-refractivity contribution in [2.24, 2.45) is 0 Å². The van der Waals surface area contributed by atoms with Gasteiger partial charge in [0.1, 0.15) is 32.5 Å². The maximum atomic E-state index is 14.9. The van der Waals surface area contributed by atoms with Gasteiger partial charge in [0, 0.05) is 48.6 Å². The summed E-state index contributed by atoms with van der Waals surface area (Å²) in [5, 5.41) is 36.9. The number of carbonyl (C=O) groups is 3. The fraction of sp³-hybridized carbons (Fsp3) is 0.400. The number of imide groups is 1. The SMILES string of the molecule is [B]C1(O)C(=O)NC(=O)C(O)(N2Cc3c(NCc4ccc(CN5CCOCC5)cc4F)cccc3C2=O)C1([B])O. The smallest absolute Gasteiger partial charge is 0.282 e. The Kier molecular flexibility index (Phi) is 6.80. The van der Waals surface area contributed by atoms with E-state index in [0.29, 0.717) is 41.5 Å². The van der Waals surface area contributed by atoms with Crippen LogP contribution >= 0.6 is 0 Å². The Labute approximate surface area is 225 Å². The average Bonchev–Trinajstić information content (AvgIpc) is 3.24. The first-order valence-electron chi connectivity index (χ1n) is 12.2.